The number of hydrogen-bond donors (Lipinski definition) is 1. The van der Waals surface area contributed by atoms with Gasteiger partial charge in [-0.3, -0.25) is 0 Å². The van der Waals surface area contributed by atoms with Crippen LogP contribution in [0.3, 0.4) is 0 Å². The van der Waals surface area contributed by atoms with Gasteiger partial charge < -0.3 is 5.11 Å². The molecule has 0 aliphatic carbocycles. The van der Waals surface area contributed by atoms with E-state index >= 15 is 0 Å². The number of aliphatic hydroxyl groups is 1. The van der Waals surface area contributed by atoms with Gasteiger partial charge in [-0.15, -0.1) is 11.3 Å². The molecule has 1 N–H and O–H groups in total. The lowest BCUT2D eigenvalue weighted by Gasteiger charge is -2.14. The lowest BCUT2D eigenvalue weighted by Crippen LogP contribution is -2.12. The van der Waals surface area contributed by atoms with Crippen LogP contribution in [0.5, 0.6) is 0 Å². The molecule has 0 unspecified atom stereocenters. The van der Waals surface area contributed by atoms with E-state index in [-0.39, 0.29) is 0 Å². The van der Waals surface area contributed by atoms with Gasteiger partial charge in [-0.2, -0.15) is 0 Å². The Labute approximate surface area is 142 Å². The van der Waals surface area contributed by atoms with Gasteiger partial charge in [0.1, 0.15) is 0 Å². The number of thiophene rings is 1. The van der Waals surface area contributed by atoms with Crippen molar-refractivity contribution in [3.63, 3.8) is 0 Å². The topological polar surface area (TPSA) is 20.2 Å². The first-order valence-electron chi connectivity index (χ1n) is 7.90. The van der Waals surface area contributed by atoms with E-state index < -0.39 is 5.60 Å². The summed E-state index contributed by atoms with van der Waals surface area (Å²) in [7, 11) is 0. The molecule has 2 heteroatoms. The summed E-state index contributed by atoms with van der Waals surface area (Å²) >= 11 is 1.70. The number of benzene rings is 2. The SMILES string of the molecule is Cc1cccc(-c2sc(C(C)(C)O)cc2Cc2ccccc2)c1. The number of rotatable bonds is 4. The molecule has 0 radical (unpaired) electrons. The quantitative estimate of drug-likeness (QED) is 0.668. The lowest BCUT2D eigenvalue weighted by atomic mass is 9.99. The van der Waals surface area contributed by atoms with Crippen molar-refractivity contribution in [3.8, 4) is 10.4 Å². The first-order chi connectivity index (χ1) is 10.9. The van der Waals surface area contributed by atoms with E-state index in [2.05, 4.69) is 61.5 Å². The normalized spacial score (nSPS) is 11.7. The van der Waals surface area contributed by atoms with Crippen LogP contribution in [-0.2, 0) is 12.0 Å². The van der Waals surface area contributed by atoms with E-state index in [0.717, 1.165) is 11.3 Å². The zero-order valence-electron chi connectivity index (χ0n) is 13.8. The molecule has 0 saturated carbocycles. The molecule has 2 aromatic carbocycles. The summed E-state index contributed by atoms with van der Waals surface area (Å²) in [6, 6.07) is 21.2. The minimum absolute atomic E-state index is 0.807. The van der Waals surface area contributed by atoms with Crippen LogP contribution >= 0.6 is 11.3 Å². The van der Waals surface area contributed by atoms with Gasteiger partial charge >= 0.3 is 0 Å². The molecule has 0 saturated heterocycles. The molecule has 0 aliphatic rings. The van der Waals surface area contributed by atoms with Crippen LogP contribution in [0.1, 0.15) is 35.4 Å². The molecule has 118 valence electrons. The van der Waals surface area contributed by atoms with Crippen molar-refractivity contribution in [2.24, 2.45) is 0 Å². The zero-order chi connectivity index (χ0) is 16.4. The Morgan fingerprint density at radius 3 is 2.35 bits per heavy atom. The smallest absolute Gasteiger partial charge is 0.0932 e. The van der Waals surface area contributed by atoms with Gasteiger partial charge in [0.15, 0.2) is 0 Å². The molecule has 1 aromatic heterocycles. The number of hydrogen-bond acceptors (Lipinski definition) is 2. The third-order valence-electron chi connectivity index (χ3n) is 3.93. The van der Waals surface area contributed by atoms with Crippen molar-refractivity contribution in [2.75, 3.05) is 0 Å². The van der Waals surface area contributed by atoms with Crippen LogP contribution < -0.4 is 0 Å². The molecule has 1 heterocycles. The monoisotopic (exact) mass is 322 g/mol. The maximum atomic E-state index is 10.4. The Morgan fingerprint density at radius 2 is 1.70 bits per heavy atom. The minimum Gasteiger partial charge on any atom is -0.385 e. The highest BCUT2D eigenvalue weighted by Gasteiger charge is 2.22. The van der Waals surface area contributed by atoms with Crippen molar-refractivity contribution >= 4 is 11.3 Å². The van der Waals surface area contributed by atoms with Crippen molar-refractivity contribution in [3.05, 3.63) is 82.2 Å². The number of aryl methyl sites for hydroxylation is 1. The van der Waals surface area contributed by atoms with E-state index in [9.17, 15) is 5.11 Å². The molecule has 0 aliphatic heterocycles. The summed E-state index contributed by atoms with van der Waals surface area (Å²) in [5.74, 6) is 0. The molecule has 0 amide bonds. The fraction of sp³-hybridized carbons (Fsp3) is 0.238. The van der Waals surface area contributed by atoms with E-state index in [0.29, 0.717) is 0 Å². The third kappa shape index (κ3) is 3.72. The third-order valence-corrected chi connectivity index (χ3v) is 5.47. The van der Waals surface area contributed by atoms with E-state index in [1.807, 2.05) is 19.9 Å². The van der Waals surface area contributed by atoms with Gasteiger partial charge in [0.25, 0.3) is 0 Å². The molecule has 3 aromatic rings. The Kier molecular flexibility index (Phi) is 4.38. The van der Waals surface area contributed by atoms with Gasteiger partial charge in [-0.1, -0.05) is 60.2 Å². The van der Waals surface area contributed by atoms with Gasteiger partial charge in [0.05, 0.1) is 5.60 Å². The second-order valence-corrected chi connectivity index (χ2v) is 7.61. The van der Waals surface area contributed by atoms with Gasteiger partial charge in [0.2, 0.25) is 0 Å². The first kappa shape index (κ1) is 16.0. The van der Waals surface area contributed by atoms with Crippen LogP contribution in [0.2, 0.25) is 0 Å². The summed E-state index contributed by atoms with van der Waals surface area (Å²) in [6.07, 6.45) is 0.886. The first-order valence-corrected chi connectivity index (χ1v) is 8.71. The summed E-state index contributed by atoms with van der Waals surface area (Å²) < 4.78 is 0. The molecule has 23 heavy (non-hydrogen) atoms. The van der Waals surface area contributed by atoms with Gasteiger partial charge in [-0.25, -0.2) is 0 Å². The average molecular weight is 322 g/mol. The van der Waals surface area contributed by atoms with Crippen molar-refractivity contribution in [2.45, 2.75) is 32.8 Å². The Hall–Kier alpha value is -1.90. The zero-order valence-corrected chi connectivity index (χ0v) is 14.7. The highest BCUT2D eigenvalue weighted by Crippen LogP contribution is 2.38. The van der Waals surface area contributed by atoms with Crippen LogP contribution in [-0.4, -0.2) is 5.11 Å². The molecular weight excluding hydrogens is 300 g/mol. The van der Waals surface area contributed by atoms with E-state index in [1.165, 1.54) is 27.1 Å². The lowest BCUT2D eigenvalue weighted by molar-refractivity contribution is 0.0825. The summed E-state index contributed by atoms with van der Waals surface area (Å²) in [6.45, 7) is 5.82. The minimum atomic E-state index is -0.807. The van der Waals surface area contributed by atoms with Crippen molar-refractivity contribution in [1.82, 2.24) is 0 Å². The molecule has 3 rings (SSSR count). The van der Waals surface area contributed by atoms with Crippen molar-refractivity contribution in [1.29, 1.82) is 0 Å². The highest BCUT2D eigenvalue weighted by molar-refractivity contribution is 7.15. The molecule has 0 fully saturated rings. The second kappa shape index (κ2) is 6.31. The average Bonchev–Trinajstić information content (AvgIpc) is 2.92. The summed E-state index contributed by atoms with van der Waals surface area (Å²) in [5.41, 5.74) is 4.26. The highest BCUT2D eigenvalue weighted by atomic mass is 32.1. The largest absolute Gasteiger partial charge is 0.385 e. The molecule has 1 nitrogen and oxygen atoms in total. The summed E-state index contributed by atoms with van der Waals surface area (Å²) in [4.78, 5) is 2.27. The Morgan fingerprint density at radius 1 is 0.957 bits per heavy atom. The fourth-order valence-corrected chi connectivity index (χ4v) is 3.89. The predicted octanol–water partition coefficient (Wildman–Crippen LogP) is 5.54. The van der Waals surface area contributed by atoms with E-state index in [1.54, 1.807) is 11.3 Å². The predicted molar refractivity (Wildman–Crippen MR) is 99.0 cm³/mol. The van der Waals surface area contributed by atoms with Crippen LogP contribution in [0.15, 0.2) is 60.7 Å². The second-order valence-electron chi connectivity index (χ2n) is 6.56. The maximum Gasteiger partial charge on any atom is 0.0932 e. The molecule has 0 spiro atoms. The molecule has 0 bridgehead atoms. The Bertz CT molecular complexity index is 794. The van der Waals surface area contributed by atoms with Gasteiger partial charge in [-0.05, 0) is 49.9 Å². The fourth-order valence-electron chi connectivity index (χ4n) is 2.71. The van der Waals surface area contributed by atoms with Crippen LogP contribution in [0.4, 0.5) is 0 Å². The Balaban J connectivity index is 2.08. The molecular formula is C21H22OS. The molecule has 0 atom stereocenters. The van der Waals surface area contributed by atoms with Crippen LogP contribution in [0, 0.1) is 6.92 Å². The standard InChI is InChI=1S/C21H22OS/c1-15-8-7-11-17(12-15)20-18(13-16-9-5-4-6-10-16)14-19(23-20)21(2,3)22/h4-12,14,22H,13H2,1-3H3. The van der Waals surface area contributed by atoms with Crippen molar-refractivity contribution < 1.29 is 5.11 Å². The van der Waals surface area contributed by atoms with E-state index in [4.69, 9.17) is 0 Å². The van der Waals surface area contributed by atoms with Gasteiger partial charge in [0, 0.05) is 9.75 Å². The van der Waals surface area contributed by atoms with Crippen LogP contribution in [0.25, 0.3) is 10.4 Å². The maximum absolute atomic E-state index is 10.4. The summed E-state index contributed by atoms with van der Waals surface area (Å²) in [5, 5.41) is 10.4.